The van der Waals surface area contributed by atoms with Crippen molar-refractivity contribution in [2.45, 2.75) is 6.92 Å². The van der Waals surface area contributed by atoms with Crippen molar-refractivity contribution in [3.8, 4) is 22.8 Å². The predicted molar refractivity (Wildman–Crippen MR) is 82.9 cm³/mol. The molecule has 2 heterocycles. The molecule has 0 saturated heterocycles. The minimum absolute atomic E-state index is 0.596. The van der Waals surface area contributed by atoms with Gasteiger partial charge in [-0.3, -0.25) is 4.98 Å². The Morgan fingerprint density at radius 2 is 1.62 bits per heavy atom. The van der Waals surface area contributed by atoms with Crippen LogP contribution in [0.2, 0.25) is 0 Å². The van der Waals surface area contributed by atoms with E-state index in [1.165, 1.54) is 0 Å². The molecule has 2 aromatic carbocycles. The number of hydrogen-bond acceptors (Lipinski definition) is 3. The molecule has 0 aliphatic carbocycles. The summed E-state index contributed by atoms with van der Waals surface area (Å²) in [5, 5.41) is 2.22. The van der Waals surface area contributed by atoms with E-state index in [9.17, 15) is 0 Å². The Balaban J connectivity index is 2.02. The molecule has 1 aliphatic rings. The number of aryl methyl sites for hydroxylation is 1. The summed E-state index contributed by atoms with van der Waals surface area (Å²) in [5.74, 6) is 1.62. The van der Waals surface area contributed by atoms with E-state index < -0.39 is 0 Å². The first-order chi connectivity index (χ1) is 10.3. The Bertz CT molecular complexity index is 812. The largest absolute Gasteiger partial charge is 0.486 e. The summed E-state index contributed by atoms with van der Waals surface area (Å²) in [4.78, 5) is 4.72. The van der Waals surface area contributed by atoms with Crippen LogP contribution in [0.3, 0.4) is 0 Å². The van der Waals surface area contributed by atoms with Crippen molar-refractivity contribution in [2.24, 2.45) is 0 Å². The fourth-order valence-electron chi connectivity index (χ4n) is 2.74. The van der Waals surface area contributed by atoms with Crippen LogP contribution in [0.25, 0.3) is 22.0 Å². The summed E-state index contributed by atoms with van der Waals surface area (Å²) in [5.41, 5.74) is 3.10. The molecular formula is C18H15NO2. The third-order valence-electron chi connectivity index (χ3n) is 3.67. The first-order valence-corrected chi connectivity index (χ1v) is 7.08. The van der Waals surface area contributed by atoms with Crippen molar-refractivity contribution >= 4 is 10.8 Å². The summed E-state index contributed by atoms with van der Waals surface area (Å²) < 4.78 is 11.4. The number of benzene rings is 2. The van der Waals surface area contributed by atoms with Gasteiger partial charge in [-0.05, 0) is 30.5 Å². The molecule has 0 saturated carbocycles. The lowest BCUT2D eigenvalue weighted by atomic mass is 10.0. The van der Waals surface area contributed by atoms with Gasteiger partial charge >= 0.3 is 0 Å². The van der Waals surface area contributed by atoms with Crippen LogP contribution in [0.4, 0.5) is 0 Å². The van der Waals surface area contributed by atoms with Crippen molar-refractivity contribution < 1.29 is 9.47 Å². The Morgan fingerprint density at radius 1 is 0.905 bits per heavy atom. The van der Waals surface area contributed by atoms with Gasteiger partial charge in [0.25, 0.3) is 0 Å². The van der Waals surface area contributed by atoms with Gasteiger partial charge in [0.1, 0.15) is 13.2 Å². The first kappa shape index (κ1) is 12.2. The Hall–Kier alpha value is -2.55. The highest BCUT2D eigenvalue weighted by atomic mass is 16.6. The van der Waals surface area contributed by atoms with Gasteiger partial charge in [-0.1, -0.05) is 30.3 Å². The highest BCUT2D eigenvalue weighted by Crippen LogP contribution is 2.38. The summed E-state index contributed by atoms with van der Waals surface area (Å²) in [6, 6.07) is 16.4. The van der Waals surface area contributed by atoms with Gasteiger partial charge in [-0.25, -0.2) is 0 Å². The van der Waals surface area contributed by atoms with Gasteiger partial charge in [-0.15, -0.1) is 0 Å². The molecule has 0 unspecified atom stereocenters. The molecule has 0 fully saturated rings. The molecule has 1 aromatic heterocycles. The maximum absolute atomic E-state index is 5.70. The van der Waals surface area contributed by atoms with E-state index in [0.29, 0.717) is 13.2 Å². The fraction of sp³-hybridized carbons (Fsp3) is 0.167. The molecule has 0 amide bonds. The van der Waals surface area contributed by atoms with E-state index in [4.69, 9.17) is 14.5 Å². The van der Waals surface area contributed by atoms with Crippen LogP contribution >= 0.6 is 0 Å². The SMILES string of the molecule is Cc1cc2cc3c(cc2c(-c2ccccc2)n1)OCCO3. The monoisotopic (exact) mass is 277 g/mol. The summed E-state index contributed by atoms with van der Waals surface area (Å²) in [7, 11) is 0. The molecule has 3 heteroatoms. The normalized spacial score (nSPS) is 13.4. The molecule has 1 aliphatic heterocycles. The van der Waals surface area contributed by atoms with Crippen molar-refractivity contribution in [3.05, 3.63) is 54.2 Å². The summed E-state index contributed by atoms with van der Waals surface area (Å²) in [6.07, 6.45) is 0. The van der Waals surface area contributed by atoms with Gasteiger partial charge in [-0.2, -0.15) is 0 Å². The average molecular weight is 277 g/mol. The standard InChI is InChI=1S/C18H15NO2/c1-12-9-14-10-16-17(21-8-7-20-16)11-15(14)18(19-12)13-5-3-2-4-6-13/h2-6,9-11H,7-8H2,1H3. The Labute approximate surface area is 123 Å². The molecule has 104 valence electrons. The lowest BCUT2D eigenvalue weighted by molar-refractivity contribution is 0.172. The quantitative estimate of drug-likeness (QED) is 0.674. The maximum Gasteiger partial charge on any atom is 0.162 e. The second-order valence-corrected chi connectivity index (χ2v) is 5.20. The molecule has 3 aromatic rings. The second-order valence-electron chi connectivity index (χ2n) is 5.20. The molecule has 21 heavy (non-hydrogen) atoms. The van der Waals surface area contributed by atoms with Gasteiger partial charge in [0.15, 0.2) is 11.5 Å². The van der Waals surface area contributed by atoms with E-state index in [2.05, 4.69) is 18.2 Å². The molecule has 4 rings (SSSR count). The van der Waals surface area contributed by atoms with Crippen LogP contribution in [0, 0.1) is 6.92 Å². The Morgan fingerprint density at radius 3 is 2.38 bits per heavy atom. The fourth-order valence-corrected chi connectivity index (χ4v) is 2.74. The minimum atomic E-state index is 0.596. The molecular weight excluding hydrogens is 262 g/mol. The van der Waals surface area contributed by atoms with Crippen molar-refractivity contribution in [3.63, 3.8) is 0 Å². The predicted octanol–water partition coefficient (Wildman–Crippen LogP) is 3.98. The van der Waals surface area contributed by atoms with E-state index in [0.717, 1.165) is 39.2 Å². The highest BCUT2D eigenvalue weighted by molar-refractivity contribution is 5.97. The van der Waals surface area contributed by atoms with Crippen molar-refractivity contribution in [1.82, 2.24) is 4.98 Å². The summed E-state index contributed by atoms with van der Waals surface area (Å²) in [6.45, 7) is 3.22. The Kier molecular flexibility index (Phi) is 2.78. The molecule has 0 atom stereocenters. The van der Waals surface area contributed by atoms with E-state index >= 15 is 0 Å². The van der Waals surface area contributed by atoms with Gasteiger partial charge < -0.3 is 9.47 Å². The molecule has 0 bridgehead atoms. The first-order valence-electron chi connectivity index (χ1n) is 7.08. The second kappa shape index (κ2) is 4.77. The smallest absolute Gasteiger partial charge is 0.162 e. The van der Waals surface area contributed by atoms with E-state index in [1.54, 1.807) is 0 Å². The number of aromatic nitrogens is 1. The lowest BCUT2D eigenvalue weighted by Gasteiger charge is -2.19. The van der Waals surface area contributed by atoms with Crippen LogP contribution in [0.1, 0.15) is 5.69 Å². The minimum Gasteiger partial charge on any atom is -0.486 e. The van der Waals surface area contributed by atoms with E-state index in [1.807, 2.05) is 37.3 Å². The van der Waals surface area contributed by atoms with Crippen molar-refractivity contribution in [1.29, 1.82) is 0 Å². The number of fused-ring (bicyclic) bond motifs is 2. The zero-order valence-corrected chi connectivity index (χ0v) is 11.8. The third kappa shape index (κ3) is 2.11. The van der Waals surface area contributed by atoms with Gasteiger partial charge in [0.2, 0.25) is 0 Å². The van der Waals surface area contributed by atoms with Crippen LogP contribution in [-0.2, 0) is 0 Å². The van der Waals surface area contributed by atoms with Crippen LogP contribution in [-0.4, -0.2) is 18.2 Å². The van der Waals surface area contributed by atoms with Gasteiger partial charge in [0, 0.05) is 16.6 Å². The number of hydrogen-bond donors (Lipinski definition) is 0. The number of nitrogens with zero attached hydrogens (tertiary/aromatic N) is 1. The average Bonchev–Trinajstić information content (AvgIpc) is 2.53. The number of pyridine rings is 1. The van der Waals surface area contributed by atoms with Crippen LogP contribution in [0.15, 0.2) is 48.5 Å². The van der Waals surface area contributed by atoms with Crippen LogP contribution < -0.4 is 9.47 Å². The van der Waals surface area contributed by atoms with E-state index in [-0.39, 0.29) is 0 Å². The van der Waals surface area contributed by atoms with Gasteiger partial charge in [0.05, 0.1) is 5.69 Å². The topological polar surface area (TPSA) is 31.4 Å². The maximum atomic E-state index is 5.70. The zero-order chi connectivity index (χ0) is 14.2. The number of rotatable bonds is 1. The molecule has 0 radical (unpaired) electrons. The molecule has 3 nitrogen and oxygen atoms in total. The summed E-state index contributed by atoms with van der Waals surface area (Å²) >= 11 is 0. The molecule has 0 spiro atoms. The molecule has 0 N–H and O–H groups in total. The highest BCUT2D eigenvalue weighted by Gasteiger charge is 2.15. The zero-order valence-electron chi connectivity index (χ0n) is 11.8. The lowest BCUT2D eigenvalue weighted by Crippen LogP contribution is -2.15. The van der Waals surface area contributed by atoms with Crippen molar-refractivity contribution in [2.75, 3.05) is 13.2 Å². The van der Waals surface area contributed by atoms with Crippen LogP contribution in [0.5, 0.6) is 11.5 Å². The third-order valence-corrected chi connectivity index (χ3v) is 3.67. The number of ether oxygens (including phenoxy) is 2.